The Morgan fingerprint density at radius 3 is 2.41 bits per heavy atom. The van der Waals surface area contributed by atoms with Crippen molar-refractivity contribution < 1.29 is 9.53 Å². The Morgan fingerprint density at radius 1 is 1.15 bits per heavy atom. The molecule has 152 valence electrons. The van der Waals surface area contributed by atoms with Gasteiger partial charge in [0, 0.05) is 44.0 Å². The van der Waals surface area contributed by atoms with Crippen LogP contribution in [0, 0.1) is 0 Å². The number of hydrogen-bond donors (Lipinski definition) is 0. The third kappa shape index (κ3) is 4.58. The first-order valence-electron chi connectivity index (χ1n) is 9.66. The van der Waals surface area contributed by atoms with Gasteiger partial charge in [-0.3, -0.25) is 9.78 Å². The number of carbonyl (C=O) groups is 1. The first kappa shape index (κ1) is 22.4. The van der Waals surface area contributed by atoms with Gasteiger partial charge < -0.3 is 14.5 Å². The summed E-state index contributed by atoms with van der Waals surface area (Å²) in [6.45, 7) is 8.14. The summed E-state index contributed by atoms with van der Waals surface area (Å²) in [6.07, 6.45) is 6.71. The quantitative estimate of drug-likeness (QED) is 0.757. The number of amides is 1. The molecule has 7 heteroatoms. The monoisotopic (exact) mass is 415 g/mol. The second-order valence-corrected chi connectivity index (χ2v) is 8.22. The number of rotatable bonds is 4. The van der Waals surface area contributed by atoms with Crippen molar-refractivity contribution >= 4 is 30.7 Å². The molecule has 2 saturated heterocycles. The van der Waals surface area contributed by atoms with Crippen LogP contribution in [0.1, 0.15) is 45.2 Å². The van der Waals surface area contributed by atoms with E-state index in [2.05, 4.69) is 40.8 Å². The summed E-state index contributed by atoms with van der Waals surface area (Å²) < 4.78 is 6.49. The third-order valence-electron chi connectivity index (χ3n) is 6.03. The summed E-state index contributed by atoms with van der Waals surface area (Å²) in [5, 5.41) is 0. The van der Waals surface area contributed by atoms with Gasteiger partial charge in [0.05, 0.1) is 12.1 Å². The number of piperidine rings is 1. The molecule has 0 N–H and O–H groups in total. The van der Waals surface area contributed by atoms with E-state index in [-0.39, 0.29) is 42.4 Å². The van der Waals surface area contributed by atoms with E-state index in [1.807, 2.05) is 12.3 Å². The lowest BCUT2D eigenvalue weighted by Crippen LogP contribution is -2.64. The second kappa shape index (κ2) is 8.64. The normalized spacial score (nSPS) is 23.2. The van der Waals surface area contributed by atoms with Crippen molar-refractivity contribution in [3.8, 4) is 0 Å². The highest BCUT2D eigenvalue weighted by atomic mass is 35.5. The van der Waals surface area contributed by atoms with Gasteiger partial charge >= 0.3 is 0 Å². The Labute approximate surface area is 174 Å². The van der Waals surface area contributed by atoms with E-state index < -0.39 is 5.60 Å². The SMILES string of the molecule is CC(C)N1CC2(CCN(CCc3ccccn3)CC2)OC2(CC2)C1=O.Cl.Cl. The van der Waals surface area contributed by atoms with Gasteiger partial charge in [-0.1, -0.05) is 6.07 Å². The van der Waals surface area contributed by atoms with Crippen molar-refractivity contribution in [1.29, 1.82) is 0 Å². The lowest BCUT2D eigenvalue weighted by molar-refractivity contribution is -0.203. The first-order valence-corrected chi connectivity index (χ1v) is 9.66. The lowest BCUT2D eigenvalue weighted by atomic mass is 9.87. The molecule has 0 bridgehead atoms. The number of likely N-dealkylation sites (tertiary alicyclic amines) is 1. The highest BCUT2D eigenvalue weighted by Gasteiger charge is 2.62. The Kier molecular flexibility index (Phi) is 7.17. The standard InChI is InChI=1S/C20H29N3O2.2ClH/c1-16(2)23-15-19(25-20(7-8-20)18(23)24)9-13-22(14-10-19)12-6-17-5-3-4-11-21-17;;/h3-5,11,16H,6-10,12-15H2,1-2H3;2*1H. The molecule has 1 saturated carbocycles. The van der Waals surface area contributed by atoms with Crippen LogP contribution in [-0.2, 0) is 16.0 Å². The molecule has 5 nitrogen and oxygen atoms in total. The average Bonchev–Trinajstić information content (AvgIpc) is 3.39. The molecule has 1 aromatic rings. The molecule has 3 fully saturated rings. The van der Waals surface area contributed by atoms with Crippen LogP contribution in [0.15, 0.2) is 24.4 Å². The highest BCUT2D eigenvalue weighted by molar-refractivity contribution is 5.89. The van der Waals surface area contributed by atoms with Crippen LogP contribution in [0.4, 0.5) is 0 Å². The van der Waals surface area contributed by atoms with Gasteiger partial charge in [0.1, 0.15) is 5.60 Å². The number of nitrogens with zero attached hydrogens (tertiary/aromatic N) is 3. The maximum atomic E-state index is 12.7. The predicted molar refractivity (Wildman–Crippen MR) is 111 cm³/mol. The molecule has 0 unspecified atom stereocenters. The number of pyridine rings is 1. The Bertz CT molecular complexity index is 629. The van der Waals surface area contributed by atoms with Crippen LogP contribution < -0.4 is 0 Å². The van der Waals surface area contributed by atoms with E-state index in [4.69, 9.17) is 4.74 Å². The average molecular weight is 416 g/mol. The molecule has 2 spiro atoms. The fourth-order valence-corrected chi connectivity index (χ4v) is 4.24. The van der Waals surface area contributed by atoms with E-state index in [0.29, 0.717) is 0 Å². The van der Waals surface area contributed by atoms with Crippen molar-refractivity contribution in [2.45, 2.75) is 63.2 Å². The molecule has 0 radical (unpaired) electrons. The fraction of sp³-hybridized carbons (Fsp3) is 0.700. The van der Waals surface area contributed by atoms with Gasteiger partial charge in [0.15, 0.2) is 0 Å². The predicted octanol–water partition coefficient (Wildman–Crippen LogP) is 3.10. The second-order valence-electron chi connectivity index (χ2n) is 8.22. The zero-order valence-electron chi connectivity index (χ0n) is 16.2. The topological polar surface area (TPSA) is 45.7 Å². The van der Waals surface area contributed by atoms with E-state index in [1.165, 1.54) is 0 Å². The van der Waals surface area contributed by atoms with E-state index in [0.717, 1.165) is 64.0 Å². The number of hydrogen-bond acceptors (Lipinski definition) is 4. The molecule has 27 heavy (non-hydrogen) atoms. The summed E-state index contributed by atoms with van der Waals surface area (Å²) >= 11 is 0. The molecule has 3 aliphatic rings. The van der Waals surface area contributed by atoms with Gasteiger partial charge in [-0.25, -0.2) is 0 Å². The van der Waals surface area contributed by atoms with Crippen molar-refractivity contribution in [2.24, 2.45) is 0 Å². The minimum atomic E-state index is -0.474. The van der Waals surface area contributed by atoms with Crippen LogP contribution in [0.2, 0.25) is 0 Å². The molecule has 2 aliphatic heterocycles. The van der Waals surface area contributed by atoms with E-state index in [9.17, 15) is 4.79 Å². The van der Waals surface area contributed by atoms with Crippen LogP contribution >= 0.6 is 24.8 Å². The van der Waals surface area contributed by atoms with Crippen LogP contribution in [0.25, 0.3) is 0 Å². The number of carbonyl (C=O) groups excluding carboxylic acids is 1. The highest BCUT2D eigenvalue weighted by Crippen LogP contribution is 2.50. The summed E-state index contributed by atoms with van der Waals surface area (Å²) in [5.41, 5.74) is 0.555. The van der Waals surface area contributed by atoms with Crippen LogP contribution in [0.5, 0.6) is 0 Å². The molecule has 0 aromatic carbocycles. The van der Waals surface area contributed by atoms with Gasteiger partial charge in [-0.05, 0) is 51.7 Å². The van der Waals surface area contributed by atoms with Crippen molar-refractivity contribution in [3.05, 3.63) is 30.1 Å². The van der Waals surface area contributed by atoms with Gasteiger partial charge in [-0.2, -0.15) is 0 Å². The number of halogens is 2. The van der Waals surface area contributed by atoms with Gasteiger partial charge in [0.2, 0.25) is 0 Å². The molecular formula is C20H31Cl2N3O2. The number of ether oxygens (including phenoxy) is 1. The van der Waals surface area contributed by atoms with Crippen molar-refractivity contribution in [2.75, 3.05) is 26.2 Å². The number of morpholine rings is 1. The lowest BCUT2D eigenvalue weighted by Gasteiger charge is -2.51. The van der Waals surface area contributed by atoms with Crippen LogP contribution in [0.3, 0.4) is 0 Å². The molecule has 3 heterocycles. The summed E-state index contributed by atoms with van der Waals surface area (Å²) in [7, 11) is 0. The maximum Gasteiger partial charge on any atom is 0.255 e. The Morgan fingerprint density at radius 2 is 1.85 bits per heavy atom. The summed E-state index contributed by atoms with van der Waals surface area (Å²) in [6, 6.07) is 6.37. The third-order valence-corrected chi connectivity index (χ3v) is 6.03. The minimum Gasteiger partial charge on any atom is -0.357 e. The Hall–Kier alpha value is -0.880. The van der Waals surface area contributed by atoms with E-state index >= 15 is 0 Å². The Balaban J connectivity index is 0.00000131. The smallest absolute Gasteiger partial charge is 0.255 e. The zero-order valence-corrected chi connectivity index (χ0v) is 17.9. The molecule has 1 aliphatic carbocycles. The maximum absolute atomic E-state index is 12.7. The minimum absolute atomic E-state index is 0. The fourth-order valence-electron chi connectivity index (χ4n) is 4.24. The molecule has 1 aromatic heterocycles. The van der Waals surface area contributed by atoms with Crippen LogP contribution in [-0.4, -0.2) is 64.1 Å². The molecule has 4 rings (SSSR count). The molecule has 1 amide bonds. The van der Waals surface area contributed by atoms with Gasteiger partial charge in [-0.15, -0.1) is 24.8 Å². The molecular weight excluding hydrogens is 385 g/mol. The van der Waals surface area contributed by atoms with Crippen molar-refractivity contribution in [1.82, 2.24) is 14.8 Å². The first-order chi connectivity index (χ1) is 12.0. The van der Waals surface area contributed by atoms with E-state index in [1.54, 1.807) is 0 Å². The molecule has 0 atom stereocenters. The number of aromatic nitrogens is 1. The van der Waals surface area contributed by atoms with Crippen molar-refractivity contribution in [3.63, 3.8) is 0 Å². The zero-order chi connectivity index (χ0) is 17.5. The summed E-state index contributed by atoms with van der Waals surface area (Å²) in [4.78, 5) is 21.7. The van der Waals surface area contributed by atoms with Gasteiger partial charge in [0.25, 0.3) is 5.91 Å². The largest absolute Gasteiger partial charge is 0.357 e. The summed E-state index contributed by atoms with van der Waals surface area (Å²) in [5.74, 6) is 0.228.